The topological polar surface area (TPSA) is 118 Å². The summed E-state index contributed by atoms with van der Waals surface area (Å²) < 4.78 is 0. The molecule has 5 N–H and O–H groups in total. The van der Waals surface area contributed by atoms with E-state index in [2.05, 4.69) is 4.90 Å². The summed E-state index contributed by atoms with van der Waals surface area (Å²) in [6, 6.07) is 10.8. The van der Waals surface area contributed by atoms with Crippen LogP contribution in [0.25, 0.3) is 22.3 Å². The smallest absolute Gasteiger partial charge is 0.335 e. The minimum Gasteiger partial charge on any atom is -0.478 e. The largest absolute Gasteiger partial charge is 0.478 e. The second-order valence-electron chi connectivity index (χ2n) is 6.76. The summed E-state index contributed by atoms with van der Waals surface area (Å²) in [4.78, 5) is 22.9. The van der Waals surface area contributed by atoms with Gasteiger partial charge in [-0.3, -0.25) is 5.41 Å². The molecule has 27 heavy (non-hydrogen) atoms. The Balaban J connectivity index is 1.94. The first-order valence-corrected chi connectivity index (χ1v) is 8.70. The molecule has 0 aliphatic heterocycles. The number of nitrogen functional groups attached to an aromatic ring is 1. The summed E-state index contributed by atoms with van der Waals surface area (Å²) in [5.41, 5.74) is 10.3. The Kier molecular flexibility index (Phi) is 3.99. The first-order chi connectivity index (χ1) is 13.0. The molecule has 0 spiro atoms. The molecule has 1 heterocycles. The van der Waals surface area contributed by atoms with E-state index >= 15 is 0 Å². The highest BCUT2D eigenvalue weighted by molar-refractivity contribution is 5.94. The number of benzene rings is 2. The highest BCUT2D eigenvalue weighted by Crippen LogP contribution is 2.36. The van der Waals surface area contributed by atoms with Crippen molar-refractivity contribution in [2.24, 2.45) is 0 Å². The molecule has 1 saturated carbocycles. The number of hydrogen-bond donors (Lipinski definition) is 3. The Bertz CT molecular complexity index is 1080. The number of carbonyl (C=O) groups is 1. The van der Waals surface area contributed by atoms with Gasteiger partial charge in [0.05, 0.1) is 22.2 Å². The maximum Gasteiger partial charge on any atom is 0.335 e. The van der Waals surface area contributed by atoms with Crippen molar-refractivity contribution in [2.45, 2.75) is 18.9 Å². The highest BCUT2D eigenvalue weighted by Gasteiger charge is 2.29. The predicted molar refractivity (Wildman–Crippen MR) is 105 cm³/mol. The SMILES string of the molecule is CN(c1nc2cc(C(=O)O)ccc2nc1-c1ccc(N)c(C=[NH2+])c1)C1CC1. The van der Waals surface area contributed by atoms with Crippen LogP contribution in [0.15, 0.2) is 36.4 Å². The highest BCUT2D eigenvalue weighted by atomic mass is 16.4. The Morgan fingerprint density at radius 3 is 2.67 bits per heavy atom. The fourth-order valence-electron chi connectivity index (χ4n) is 3.12. The summed E-state index contributed by atoms with van der Waals surface area (Å²) in [6.45, 7) is 0. The summed E-state index contributed by atoms with van der Waals surface area (Å²) in [5, 5.41) is 14.9. The zero-order valence-electron chi connectivity index (χ0n) is 14.9. The normalized spacial score (nSPS) is 13.5. The number of carboxylic acid groups (broad SMARTS) is 1. The van der Waals surface area contributed by atoms with Gasteiger partial charge in [-0.1, -0.05) is 6.07 Å². The van der Waals surface area contributed by atoms with Crippen molar-refractivity contribution in [3.63, 3.8) is 0 Å². The number of hydrogen-bond acceptors (Lipinski definition) is 5. The summed E-state index contributed by atoms with van der Waals surface area (Å²) in [7, 11) is 1.99. The van der Waals surface area contributed by atoms with Crippen LogP contribution in [0.3, 0.4) is 0 Å². The lowest BCUT2D eigenvalue weighted by Crippen LogP contribution is -2.30. The van der Waals surface area contributed by atoms with Crippen molar-refractivity contribution in [1.82, 2.24) is 9.97 Å². The van der Waals surface area contributed by atoms with Crippen molar-refractivity contribution in [1.29, 1.82) is 0 Å². The van der Waals surface area contributed by atoms with Gasteiger partial charge in [-0.2, -0.15) is 0 Å². The molecule has 7 nitrogen and oxygen atoms in total. The van der Waals surface area contributed by atoms with Crippen LogP contribution in [-0.2, 0) is 0 Å². The van der Waals surface area contributed by atoms with Gasteiger partial charge in [-0.25, -0.2) is 14.8 Å². The number of rotatable bonds is 5. The van der Waals surface area contributed by atoms with Crippen LogP contribution in [0.5, 0.6) is 0 Å². The van der Waals surface area contributed by atoms with Gasteiger partial charge in [0.2, 0.25) is 0 Å². The molecule has 1 aliphatic rings. The fourth-order valence-corrected chi connectivity index (χ4v) is 3.12. The predicted octanol–water partition coefficient (Wildman–Crippen LogP) is 1.35. The van der Waals surface area contributed by atoms with Gasteiger partial charge >= 0.3 is 5.97 Å². The van der Waals surface area contributed by atoms with Crippen molar-refractivity contribution in [3.05, 3.63) is 47.5 Å². The van der Waals surface area contributed by atoms with E-state index < -0.39 is 5.97 Å². The van der Waals surface area contributed by atoms with E-state index in [0.717, 1.165) is 35.5 Å². The van der Waals surface area contributed by atoms with Crippen molar-refractivity contribution in [3.8, 4) is 11.3 Å². The first-order valence-electron chi connectivity index (χ1n) is 8.70. The Morgan fingerprint density at radius 2 is 2.00 bits per heavy atom. The Labute approximate surface area is 156 Å². The van der Waals surface area contributed by atoms with E-state index in [4.69, 9.17) is 21.1 Å². The van der Waals surface area contributed by atoms with Gasteiger partial charge in [0.25, 0.3) is 0 Å². The molecule has 0 bridgehead atoms. The van der Waals surface area contributed by atoms with Crippen LogP contribution < -0.4 is 16.0 Å². The van der Waals surface area contributed by atoms with Gasteiger partial charge in [0, 0.05) is 24.3 Å². The molecule has 1 aromatic heterocycles. The van der Waals surface area contributed by atoms with E-state index in [-0.39, 0.29) is 5.56 Å². The average Bonchev–Trinajstić information content (AvgIpc) is 3.51. The lowest BCUT2D eigenvalue weighted by molar-refractivity contribution is -0.104. The molecular formula is C20H20N5O2+. The number of aromatic nitrogens is 2. The zero-order chi connectivity index (χ0) is 19.1. The van der Waals surface area contributed by atoms with E-state index in [1.807, 2.05) is 19.2 Å². The zero-order valence-corrected chi connectivity index (χ0v) is 14.9. The molecule has 0 radical (unpaired) electrons. The Hall–Kier alpha value is -3.48. The van der Waals surface area contributed by atoms with Crippen LogP contribution in [0.4, 0.5) is 11.5 Å². The molecule has 136 valence electrons. The van der Waals surface area contributed by atoms with Crippen LogP contribution in [0.1, 0.15) is 28.8 Å². The maximum atomic E-state index is 11.3. The Morgan fingerprint density at radius 1 is 1.22 bits per heavy atom. The molecule has 3 aromatic rings. The third kappa shape index (κ3) is 3.08. The second kappa shape index (κ2) is 6.35. The standard InChI is InChI=1S/C20H19N5O2/c1-25(14-4-5-14)19-18(11-2-6-15(22)13(8-11)10-21)23-16-7-3-12(20(26)27)9-17(16)24-19/h2-3,6-10,14,21H,4-5,22H2,1H3,(H,26,27)/p+1. The molecular weight excluding hydrogens is 342 g/mol. The van der Waals surface area contributed by atoms with Gasteiger partial charge in [0.15, 0.2) is 12.0 Å². The van der Waals surface area contributed by atoms with Crippen LogP contribution in [0.2, 0.25) is 0 Å². The average molecular weight is 362 g/mol. The van der Waals surface area contributed by atoms with Gasteiger partial charge in [0.1, 0.15) is 5.69 Å². The number of anilines is 2. The van der Waals surface area contributed by atoms with Crippen LogP contribution in [0, 0.1) is 0 Å². The van der Waals surface area contributed by atoms with Crippen molar-refractivity contribution >= 4 is 34.7 Å². The molecule has 0 atom stereocenters. The van der Waals surface area contributed by atoms with E-state index in [1.54, 1.807) is 18.2 Å². The third-order valence-corrected chi connectivity index (χ3v) is 4.86. The van der Waals surface area contributed by atoms with Crippen LogP contribution in [-0.4, -0.2) is 40.3 Å². The molecule has 4 rings (SSSR count). The number of aromatic carboxylic acids is 1. The van der Waals surface area contributed by atoms with Crippen molar-refractivity contribution < 1.29 is 15.3 Å². The maximum absolute atomic E-state index is 11.3. The molecule has 1 aliphatic carbocycles. The quantitative estimate of drug-likeness (QED) is 0.466. The molecule has 1 fully saturated rings. The van der Waals surface area contributed by atoms with Crippen molar-refractivity contribution in [2.75, 3.05) is 17.7 Å². The lowest BCUT2D eigenvalue weighted by atomic mass is 10.1. The second-order valence-corrected chi connectivity index (χ2v) is 6.76. The summed E-state index contributed by atoms with van der Waals surface area (Å²) in [5.74, 6) is -0.262. The molecule has 0 amide bonds. The monoisotopic (exact) mass is 362 g/mol. The molecule has 0 saturated heterocycles. The number of fused-ring (bicyclic) bond motifs is 1. The lowest BCUT2D eigenvalue weighted by Gasteiger charge is -2.21. The van der Waals surface area contributed by atoms with Gasteiger partial charge < -0.3 is 15.7 Å². The fraction of sp³-hybridized carbons (Fsp3) is 0.200. The number of nitrogens with zero attached hydrogens (tertiary/aromatic N) is 3. The molecule has 0 unspecified atom stereocenters. The van der Waals surface area contributed by atoms with Crippen LogP contribution >= 0.6 is 0 Å². The summed E-state index contributed by atoms with van der Waals surface area (Å²) in [6.07, 6.45) is 3.68. The molecule has 2 aromatic carbocycles. The minimum absolute atomic E-state index is 0.192. The first kappa shape index (κ1) is 17.0. The minimum atomic E-state index is -0.985. The van der Waals surface area contributed by atoms with E-state index in [0.29, 0.717) is 22.8 Å². The third-order valence-electron chi connectivity index (χ3n) is 4.86. The van der Waals surface area contributed by atoms with E-state index in [1.165, 1.54) is 12.3 Å². The molecule has 7 heteroatoms. The summed E-state index contributed by atoms with van der Waals surface area (Å²) >= 11 is 0. The van der Waals surface area contributed by atoms with Gasteiger partial charge in [-0.05, 0) is 43.2 Å². The number of carboxylic acids is 1. The van der Waals surface area contributed by atoms with E-state index in [9.17, 15) is 9.90 Å². The number of nitrogens with two attached hydrogens (primary N) is 2. The van der Waals surface area contributed by atoms with Gasteiger partial charge in [-0.15, -0.1) is 0 Å².